The normalized spacial score (nSPS) is 10.5. The van der Waals surface area contributed by atoms with Gasteiger partial charge >= 0.3 is 0 Å². The van der Waals surface area contributed by atoms with Crippen molar-refractivity contribution in [1.29, 1.82) is 0 Å². The molecule has 0 unspecified atom stereocenters. The molecule has 0 radical (unpaired) electrons. The molecule has 2 rings (SSSR count). The lowest BCUT2D eigenvalue weighted by Crippen LogP contribution is -2.11. The summed E-state index contributed by atoms with van der Waals surface area (Å²) in [6, 6.07) is 4.47. The topological polar surface area (TPSA) is 34.9 Å². The zero-order valence-electron chi connectivity index (χ0n) is 9.77. The second-order valence-corrected chi connectivity index (χ2v) is 4.03. The summed E-state index contributed by atoms with van der Waals surface area (Å²) >= 11 is 0. The fourth-order valence-corrected chi connectivity index (χ4v) is 1.72. The maximum atomic E-state index is 13.1. The van der Waals surface area contributed by atoms with Gasteiger partial charge in [0, 0.05) is 25.9 Å². The number of rotatable bonds is 3. The molecule has 0 saturated carbocycles. The first-order chi connectivity index (χ1) is 8.08. The summed E-state index contributed by atoms with van der Waals surface area (Å²) in [5, 5.41) is 0. The Kier molecular flexibility index (Phi) is 3.04. The summed E-state index contributed by atoms with van der Waals surface area (Å²) < 4.78 is 14.8. The van der Waals surface area contributed by atoms with Gasteiger partial charge in [-0.1, -0.05) is 6.07 Å². The highest BCUT2D eigenvalue weighted by molar-refractivity contribution is 5.94. The third-order valence-electron chi connectivity index (χ3n) is 2.73. The minimum Gasteiger partial charge on any atom is -0.332 e. The predicted molar refractivity (Wildman–Crippen MR) is 62.4 cm³/mol. The molecule has 0 amide bonds. The highest BCUT2D eigenvalue weighted by atomic mass is 19.1. The first-order valence-electron chi connectivity index (χ1n) is 5.33. The van der Waals surface area contributed by atoms with Crippen molar-refractivity contribution in [3.63, 3.8) is 0 Å². The molecular formula is C13H13FN2O. The van der Waals surface area contributed by atoms with Gasteiger partial charge in [-0.25, -0.2) is 9.37 Å². The molecule has 0 aliphatic rings. The summed E-state index contributed by atoms with van der Waals surface area (Å²) in [4.78, 5) is 15.9. The van der Waals surface area contributed by atoms with Crippen molar-refractivity contribution in [3.05, 3.63) is 53.4 Å². The average molecular weight is 232 g/mol. The summed E-state index contributed by atoms with van der Waals surface area (Å²) in [6.45, 7) is 1.86. The molecule has 2 aromatic rings. The molecule has 0 bridgehead atoms. The van der Waals surface area contributed by atoms with Gasteiger partial charge < -0.3 is 4.57 Å². The first-order valence-corrected chi connectivity index (χ1v) is 5.33. The van der Waals surface area contributed by atoms with Gasteiger partial charge in [0.15, 0.2) is 5.82 Å². The van der Waals surface area contributed by atoms with Crippen LogP contribution in [-0.2, 0) is 13.5 Å². The van der Waals surface area contributed by atoms with Gasteiger partial charge in [0.2, 0.25) is 5.78 Å². The number of benzene rings is 1. The number of hydrogen-bond donors (Lipinski definition) is 0. The Hall–Kier alpha value is -1.97. The quantitative estimate of drug-likeness (QED) is 0.761. The molecule has 1 heterocycles. The maximum absolute atomic E-state index is 13.1. The second kappa shape index (κ2) is 4.49. The van der Waals surface area contributed by atoms with Gasteiger partial charge in [-0.3, -0.25) is 4.79 Å². The van der Waals surface area contributed by atoms with Crippen LogP contribution in [0, 0.1) is 12.7 Å². The van der Waals surface area contributed by atoms with E-state index in [1.165, 1.54) is 12.1 Å². The summed E-state index contributed by atoms with van der Waals surface area (Å²) in [5.74, 6) is -0.0295. The van der Waals surface area contributed by atoms with E-state index in [2.05, 4.69) is 4.98 Å². The van der Waals surface area contributed by atoms with Crippen LogP contribution in [0.15, 0.2) is 30.6 Å². The van der Waals surface area contributed by atoms with Crippen molar-refractivity contribution in [1.82, 2.24) is 9.55 Å². The predicted octanol–water partition coefficient (Wildman–Crippen LogP) is 2.29. The van der Waals surface area contributed by atoms with Gasteiger partial charge in [0.25, 0.3) is 0 Å². The van der Waals surface area contributed by atoms with E-state index < -0.39 is 0 Å². The van der Waals surface area contributed by atoms with Gasteiger partial charge in [0.05, 0.1) is 0 Å². The lowest BCUT2D eigenvalue weighted by Gasteiger charge is -2.05. The number of carbonyl (C=O) groups is 1. The molecular weight excluding hydrogens is 219 g/mol. The van der Waals surface area contributed by atoms with Crippen molar-refractivity contribution in [2.24, 2.45) is 7.05 Å². The minimum atomic E-state index is -0.321. The van der Waals surface area contributed by atoms with E-state index in [1.807, 2.05) is 6.92 Å². The molecule has 0 N–H and O–H groups in total. The fourth-order valence-electron chi connectivity index (χ4n) is 1.72. The standard InChI is InChI=1S/C13H13FN2O/c1-9-3-4-11(14)7-10(9)8-12(17)13-15-5-6-16(13)2/h3-7H,8H2,1-2H3. The SMILES string of the molecule is Cc1ccc(F)cc1CC(=O)c1nccn1C. The largest absolute Gasteiger partial charge is 0.332 e. The Labute approximate surface area is 98.9 Å². The van der Waals surface area contributed by atoms with Crippen molar-refractivity contribution in [2.75, 3.05) is 0 Å². The van der Waals surface area contributed by atoms with Gasteiger partial charge in [0.1, 0.15) is 5.82 Å². The van der Waals surface area contributed by atoms with Gasteiger partial charge in [-0.05, 0) is 30.2 Å². The van der Waals surface area contributed by atoms with Gasteiger partial charge in [-0.2, -0.15) is 0 Å². The van der Waals surface area contributed by atoms with Crippen molar-refractivity contribution in [3.8, 4) is 0 Å². The van der Waals surface area contributed by atoms with Crippen LogP contribution < -0.4 is 0 Å². The van der Waals surface area contributed by atoms with Crippen LogP contribution >= 0.6 is 0 Å². The third-order valence-corrected chi connectivity index (χ3v) is 2.73. The van der Waals surface area contributed by atoms with Crippen LogP contribution in [0.2, 0.25) is 0 Å². The van der Waals surface area contributed by atoms with Crippen molar-refractivity contribution in [2.45, 2.75) is 13.3 Å². The number of Topliss-reactive ketones (excluding diaryl/α,β-unsaturated/α-hetero) is 1. The minimum absolute atomic E-state index is 0.105. The van der Waals surface area contributed by atoms with E-state index in [0.717, 1.165) is 5.56 Å². The number of imidazole rings is 1. The highest BCUT2D eigenvalue weighted by Gasteiger charge is 2.13. The summed E-state index contributed by atoms with van der Waals surface area (Å²) in [5.41, 5.74) is 1.62. The van der Waals surface area contributed by atoms with Crippen LogP contribution in [0.4, 0.5) is 4.39 Å². The van der Waals surface area contributed by atoms with E-state index in [9.17, 15) is 9.18 Å². The molecule has 0 atom stereocenters. The third kappa shape index (κ3) is 2.41. The Morgan fingerprint density at radius 3 is 2.88 bits per heavy atom. The van der Waals surface area contributed by atoms with Gasteiger partial charge in [-0.15, -0.1) is 0 Å². The fraction of sp³-hybridized carbons (Fsp3) is 0.231. The zero-order valence-corrected chi connectivity index (χ0v) is 9.77. The Morgan fingerprint density at radius 2 is 2.24 bits per heavy atom. The van der Waals surface area contributed by atoms with Crippen molar-refractivity contribution < 1.29 is 9.18 Å². The summed E-state index contributed by atoms with van der Waals surface area (Å²) in [7, 11) is 1.76. The Morgan fingerprint density at radius 1 is 1.47 bits per heavy atom. The lowest BCUT2D eigenvalue weighted by molar-refractivity contribution is 0.0980. The molecule has 0 saturated heterocycles. The molecule has 0 fully saturated rings. The molecule has 88 valence electrons. The Balaban J connectivity index is 2.24. The molecule has 0 aliphatic carbocycles. The van der Waals surface area contributed by atoms with E-state index in [-0.39, 0.29) is 18.0 Å². The molecule has 0 aliphatic heterocycles. The van der Waals surface area contributed by atoms with Crippen LogP contribution in [-0.4, -0.2) is 15.3 Å². The summed E-state index contributed by atoms with van der Waals surface area (Å²) in [6.07, 6.45) is 3.46. The van der Waals surface area contributed by atoms with Crippen LogP contribution in [0.1, 0.15) is 21.7 Å². The molecule has 17 heavy (non-hydrogen) atoms. The number of ketones is 1. The molecule has 1 aromatic carbocycles. The van der Waals surface area contributed by atoms with Crippen LogP contribution in [0.5, 0.6) is 0 Å². The molecule has 4 heteroatoms. The monoisotopic (exact) mass is 232 g/mol. The van der Waals surface area contributed by atoms with E-state index in [1.54, 1.807) is 30.1 Å². The maximum Gasteiger partial charge on any atom is 0.202 e. The Bertz CT molecular complexity index is 560. The molecule has 1 aromatic heterocycles. The number of aromatic nitrogens is 2. The van der Waals surface area contributed by atoms with E-state index >= 15 is 0 Å². The molecule has 3 nitrogen and oxygen atoms in total. The molecule has 0 spiro atoms. The van der Waals surface area contributed by atoms with E-state index in [0.29, 0.717) is 11.4 Å². The zero-order chi connectivity index (χ0) is 12.4. The average Bonchev–Trinajstić information content (AvgIpc) is 2.70. The number of aryl methyl sites for hydroxylation is 2. The number of carbonyl (C=O) groups excluding carboxylic acids is 1. The van der Waals surface area contributed by atoms with Crippen LogP contribution in [0.3, 0.4) is 0 Å². The number of halogens is 1. The lowest BCUT2D eigenvalue weighted by atomic mass is 10.0. The van der Waals surface area contributed by atoms with E-state index in [4.69, 9.17) is 0 Å². The highest BCUT2D eigenvalue weighted by Crippen LogP contribution is 2.13. The second-order valence-electron chi connectivity index (χ2n) is 4.03. The smallest absolute Gasteiger partial charge is 0.202 e. The number of nitrogens with zero attached hydrogens (tertiary/aromatic N) is 2. The van der Waals surface area contributed by atoms with Crippen molar-refractivity contribution >= 4 is 5.78 Å². The number of hydrogen-bond acceptors (Lipinski definition) is 2. The first kappa shape index (κ1) is 11.5. The van der Waals surface area contributed by atoms with Crippen LogP contribution in [0.25, 0.3) is 0 Å².